The number of esters is 1. The van der Waals surface area contributed by atoms with E-state index in [0.29, 0.717) is 5.56 Å². The van der Waals surface area contributed by atoms with E-state index in [1.54, 1.807) is 44.2 Å². The molecule has 0 aliphatic rings. The predicted octanol–water partition coefficient (Wildman–Crippen LogP) is 2.76. The number of hydrogen-bond acceptors (Lipinski definition) is 4. The molecule has 0 saturated heterocycles. The standard InChI is InChI=1S/C20H21FN2O4/c1-13(2)18(23-19(25)14-7-4-3-5-8-14)20(26)27-12-17(24)22-16-10-6-9-15(21)11-16/h3-11,13,18H,12H2,1-2H3,(H,22,24)(H,23,25)/t18-/m0/s1. The molecule has 1 atom stereocenters. The highest BCUT2D eigenvalue weighted by molar-refractivity contribution is 5.97. The summed E-state index contributed by atoms with van der Waals surface area (Å²) in [5.74, 6) is -2.46. The summed E-state index contributed by atoms with van der Waals surface area (Å²) in [6, 6.07) is 12.9. The zero-order valence-corrected chi connectivity index (χ0v) is 15.1. The van der Waals surface area contributed by atoms with Crippen LogP contribution in [-0.2, 0) is 14.3 Å². The van der Waals surface area contributed by atoms with E-state index in [2.05, 4.69) is 10.6 Å². The maximum Gasteiger partial charge on any atom is 0.329 e. The fourth-order valence-electron chi connectivity index (χ4n) is 2.30. The molecule has 0 aromatic heterocycles. The predicted molar refractivity (Wildman–Crippen MR) is 98.5 cm³/mol. The highest BCUT2D eigenvalue weighted by Crippen LogP contribution is 2.10. The minimum atomic E-state index is -0.903. The Morgan fingerprint density at radius 1 is 1.04 bits per heavy atom. The maximum atomic E-state index is 13.1. The Balaban J connectivity index is 1.90. The van der Waals surface area contributed by atoms with Crippen LogP contribution in [0.4, 0.5) is 10.1 Å². The average molecular weight is 372 g/mol. The fourth-order valence-corrected chi connectivity index (χ4v) is 2.30. The molecule has 0 fully saturated rings. The second-order valence-electron chi connectivity index (χ2n) is 6.23. The number of carbonyl (C=O) groups is 3. The van der Waals surface area contributed by atoms with Crippen molar-refractivity contribution in [3.05, 3.63) is 66.0 Å². The third-order valence-corrected chi connectivity index (χ3v) is 3.70. The number of carbonyl (C=O) groups excluding carboxylic acids is 3. The Labute approximate surface area is 156 Å². The van der Waals surface area contributed by atoms with Gasteiger partial charge in [-0.3, -0.25) is 9.59 Å². The summed E-state index contributed by atoms with van der Waals surface area (Å²) in [6.45, 7) is 2.97. The molecular formula is C20H21FN2O4. The first-order valence-electron chi connectivity index (χ1n) is 8.45. The van der Waals surface area contributed by atoms with E-state index in [1.807, 2.05) is 0 Å². The van der Waals surface area contributed by atoms with Gasteiger partial charge in [-0.2, -0.15) is 0 Å². The quantitative estimate of drug-likeness (QED) is 0.732. The molecule has 0 aliphatic carbocycles. The lowest BCUT2D eigenvalue weighted by Gasteiger charge is -2.20. The van der Waals surface area contributed by atoms with E-state index in [0.717, 1.165) is 6.07 Å². The number of nitrogens with one attached hydrogen (secondary N) is 2. The van der Waals surface area contributed by atoms with Crippen LogP contribution in [0.1, 0.15) is 24.2 Å². The van der Waals surface area contributed by atoms with Crippen molar-refractivity contribution >= 4 is 23.5 Å². The van der Waals surface area contributed by atoms with Gasteiger partial charge in [0.15, 0.2) is 6.61 Å². The fraction of sp³-hybridized carbons (Fsp3) is 0.250. The first kappa shape index (κ1) is 20.1. The zero-order chi connectivity index (χ0) is 19.8. The molecule has 0 radical (unpaired) electrons. The second-order valence-corrected chi connectivity index (χ2v) is 6.23. The van der Waals surface area contributed by atoms with Gasteiger partial charge in [-0.25, -0.2) is 9.18 Å². The Kier molecular flexibility index (Phi) is 7.05. The van der Waals surface area contributed by atoms with E-state index in [9.17, 15) is 18.8 Å². The third kappa shape index (κ3) is 6.22. The van der Waals surface area contributed by atoms with Crippen LogP contribution in [-0.4, -0.2) is 30.4 Å². The maximum absolute atomic E-state index is 13.1. The number of ether oxygens (including phenoxy) is 1. The summed E-state index contributed by atoms with van der Waals surface area (Å²) < 4.78 is 18.1. The second kappa shape index (κ2) is 9.47. The van der Waals surface area contributed by atoms with Crippen LogP contribution in [0.2, 0.25) is 0 Å². The highest BCUT2D eigenvalue weighted by atomic mass is 19.1. The summed E-state index contributed by atoms with van der Waals surface area (Å²) in [6.07, 6.45) is 0. The van der Waals surface area contributed by atoms with Crippen molar-refractivity contribution in [2.24, 2.45) is 5.92 Å². The van der Waals surface area contributed by atoms with Crippen LogP contribution < -0.4 is 10.6 Å². The Bertz CT molecular complexity index is 809. The minimum absolute atomic E-state index is 0.239. The first-order valence-corrected chi connectivity index (χ1v) is 8.45. The summed E-state index contributed by atoms with van der Waals surface area (Å²) in [4.78, 5) is 36.4. The van der Waals surface area contributed by atoms with Gasteiger partial charge in [-0.05, 0) is 36.2 Å². The number of anilines is 1. The molecule has 0 spiro atoms. The van der Waals surface area contributed by atoms with E-state index in [1.165, 1.54) is 18.2 Å². The smallest absolute Gasteiger partial charge is 0.329 e. The lowest BCUT2D eigenvalue weighted by molar-refractivity contribution is -0.150. The van der Waals surface area contributed by atoms with E-state index >= 15 is 0 Å². The number of hydrogen-bond donors (Lipinski definition) is 2. The molecule has 2 amide bonds. The van der Waals surface area contributed by atoms with Gasteiger partial charge in [-0.15, -0.1) is 0 Å². The van der Waals surface area contributed by atoms with Gasteiger partial charge < -0.3 is 15.4 Å². The van der Waals surface area contributed by atoms with Gasteiger partial charge in [0.1, 0.15) is 11.9 Å². The van der Waals surface area contributed by atoms with Crippen molar-refractivity contribution < 1.29 is 23.5 Å². The Morgan fingerprint density at radius 2 is 1.74 bits per heavy atom. The van der Waals surface area contributed by atoms with Crippen LogP contribution in [0.5, 0.6) is 0 Å². The van der Waals surface area contributed by atoms with Crippen molar-refractivity contribution in [3.8, 4) is 0 Å². The number of rotatable bonds is 7. The van der Waals surface area contributed by atoms with Gasteiger partial charge in [0.05, 0.1) is 0 Å². The molecule has 2 N–H and O–H groups in total. The molecule has 0 bridgehead atoms. The summed E-state index contributed by atoms with van der Waals surface area (Å²) in [5, 5.41) is 5.05. The third-order valence-electron chi connectivity index (χ3n) is 3.70. The molecule has 0 aliphatic heterocycles. The van der Waals surface area contributed by atoms with Crippen LogP contribution in [0.15, 0.2) is 54.6 Å². The van der Waals surface area contributed by atoms with Crippen molar-refractivity contribution in [1.29, 1.82) is 0 Å². The van der Waals surface area contributed by atoms with Crippen LogP contribution in [0.3, 0.4) is 0 Å². The summed E-state index contributed by atoms with van der Waals surface area (Å²) >= 11 is 0. The molecule has 2 aromatic carbocycles. The van der Waals surface area contributed by atoms with Crippen LogP contribution in [0.25, 0.3) is 0 Å². The molecule has 2 rings (SSSR count). The summed E-state index contributed by atoms with van der Waals surface area (Å²) in [7, 11) is 0. The van der Waals surface area contributed by atoms with Crippen molar-refractivity contribution in [2.45, 2.75) is 19.9 Å². The molecule has 2 aromatic rings. The first-order chi connectivity index (χ1) is 12.9. The molecule has 0 unspecified atom stereocenters. The normalized spacial score (nSPS) is 11.6. The molecule has 6 nitrogen and oxygen atoms in total. The van der Waals surface area contributed by atoms with Gasteiger partial charge in [-0.1, -0.05) is 38.1 Å². The summed E-state index contributed by atoms with van der Waals surface area (Å²) in [5.41, 5.74) is 0.675. The van der Waals surface area contributed by atoms with Gasteiger partial charge >= 0.3 is 5.97 Å². The molecule has 7 heteroatoms. The van der Waals surface area contributed by atoms with Crippen molar-refractivity contribution in [1.82, 2.24) is 5.32 Å². The van der Waals surface area contributed by atoms with Gasteiger partial charge in [0, 0.05) is 11.3 Å². The zero-order valence-electron chi connectivity index (χ0n) is 15.1. The molecule has 27 heavy (non-hydrogen) atoms. The molecule has 0 heterocycles. The SMILES string of the molecule is CC(C)[C@H](NC(=O)c1ccccc1)C(=O)OCC(=O)Nc1cccc(F)c1. The van der Waals surface area contributed by atoms with Crippen LogP contribution >= 0.6 is 0 Å². The highest BCUT2D eigenvalue weighted by Gasteiger charge is 2.26. The van der Waals surface area contributed by atoms with Crippen molar-refractivity contribution in [3.63, 3.8) is 0 Å². The average Bonchev–Trinajstić information content (AvgIpc) is 2.64. The van der Waals surface area contributed by atoms with E-state index in [4.69, 9.17) is 4.74 Å². The number of amides is 2. The van der Waals surface area contributed by atoms with E-state index < -0.39 is 36.2 Å². The van der Waals surface area contributed by atoms with Gasteiger partial charge in [0.25, 0.3) is 11.8 Å². The lowest BCUT2D eigenvalue weighted by atomic mass is 10.0. The number of benzene rings is 2. The minimum Gasteiger partial charge on any atom is -0.454 e. The Hall–Kier alpha value is -3.22. The Morgan fingerprint density at radius 3 is 2.37 bits per heavy atom. The van der Waals surface area contributed by atoms with Crippen molar-refractivity contribution in [2.75, 3.05) is 11.9 Å². The molecule has 0 saturated carbocycles. The molecular weight excluding hydrogens is 351 g/mol. The van der Waals surface area contributed by atoms with Gasteiger partial charge in [0.2, 0.25) is 0 Å². The van der Waals surface area contributed by atoms with Crippen LogP contribution in [0, 0.1) is 11.7 Å². The van der Waals surface area contributed by atoms with E-state index in [-0.39, 0.29) is 11.6 Å². The number of halogens is 1. The largest absolute Gasteiger partial charge is 0.454 e. The topological polar surface area (TPSA) is 84.5 Å². The monoisotopic (exact) mass is 372 g/mol. The lowest BCUT2D eigenvalue weighted by Crippen LogP contribution is -2.45. The molecule has 142 valence electrons.